The van der Waals surface area contributed by atoms with Gasteiger partial charge in [0.15, 0.2) is 0 Å². The van der Waals surface area contributed by atoms with Crippen molar-refractivity contribution in [2.45, 2.75) is 19.3 Å². The fourth-order valence-electron chi connectivity index (χ4n) is 1.91. The molecule has 0 fully saturated rings. The van der Waals surface area contributed by atoms with Gasteiger partial charge in [-0.1, -0.05) is 49.5 Å². The first kappa shape index (κ1) is 17.1. The summed E-state index contributed by atoms with van der Waals surface area (Å²) in [5.74, 6) is -1.17. The molecule has 0 radical (unpaired) electrons. The minimum atomic E-state index is -0.704. The molecule has 0 heterocycles. The van der Waals surface area contributed by atoms with Crippen molar-refractivity contribution in [3.8, 4) is 0 Å². The number of nitrogens with two attached hydrogens (primary N) is 1. The van der Waals surface area contributed by atoms with Gasteiger partial charge in [-0.05, 0) is 12.0 Å². The Bertz CT molecular complexity index is 505. The average molecular weight is 307 g/mol. The van der Waals surface area contributed by atoms with E-state index in [0.717, 1.165) is 12.0 Å². The van der Waals surface area contributed by atoms with Gasteiger partial charge >= 0.3 is 0 Å². The summed E-state index contributed by atoms with van der Waals surface area (Å²) >= 11 is 5.01. The fraction of sp³-hybridized carbons (Fsp3) is 0.400. The second-order valence-electron chi connectivity index (χ2n) is 4.79. The molecule has 0 saturated carbocycles. The molecule has 2 amide bonds. The van der Waals surface area contributed by atoms with E-state index >= 15 is 0 Å². The molecule has 114 valence electrons. The summed E-state index contributed by atoms with van der Waals surface area (Å²) in [7, 11) is 1.57. The van der Waals surface area contributed by atoms with Gasteiger partial charge in [0.25, 0.3) is 0 Å². The lowest BCUT2D eigenvalue weighted by Crippen LogP contribution is -2.43. The van der Waals surface area contributed by atoms with E-state index in [1.54, 1.807) is 19.2 Å². The summed E-state index contributed by atoms with van der Waals surface area (Å²) < 4.78 is 0. The molecule has 0 saturated heterocycles. The smallest absolute Gasteiger partial charge is 0.239 e. The van der Waals surface area contributed by atoms with Crippen molar-refractivity contribution < 1.29 is 9.59 Å². The van der Waals surface area contributed by atoms with Crippen molar-refractivity contribution in [2.24, 2.45) is 5.73 Å². The van der Waals surface area contributed by atoms with E-state index in [1.165, 1.54) is 4.90 Å². The lowest BCUT2D eigenvalue weighted by Gasteiger charge is -2.23. The number of nitrogens with one attached hydrogen (secondary N) is 1. The van der Waals surface area contributed by atoms with Gasteiger partial charge in [-0.2, -0.15) is 0 Å². The molecular weight excluding hydrogens is 286 g/mol. The van der Waals surface area contributed by atoms with Crippen molar-refractivity contribution in [1.82, 2.24) is 10.2 Å². The van der Waals surface area contributed by atoms with Crippen molar-refractivity contribution in [2.75, 3.05) is 20.1 Å². The molecule has 3 N–H and O–H groups in total. The summed E-state index contributed by atoms with van der Waals surface area (Å²) in [6, 6.07) is 9.09. The Morgan fingerprint density at radius 3 is 2.48 bits per heavy atom. The number of nitrogens with zero attached hydrogens (tertiary/aromatic N) is 1. The number of rotatable bonds is 7. The predicted molar refractivity (Wildman–Crippen MR) is 86.9 cm³/mol. The van der Waals surface area contributed by atoms with Crippen LogP contribution in [0.5, 0.6) is 0 Å². The summed E-state index contributed by atoms with van der Waals surface area (Å²) in [6.07, 6.45) is 0.850. The van der Waals surface area contributed by atoms with Gasteiger partial charge in [-0.25, -0.2) is 0 Å². The summed E-state index contributed by atoms with van der Waals surface area (Å²) in [4.78, 5) is 25.6. The maximum absolute atomic E-state index is 12.5. The Kier molecular flexibility index (Phi) is 6.81. The van der Waals surface area contributed by atoms with Crippen LogP contribution in [-0.4, -0.2) is 41.8 Å². The lowest BCUT2D eigenvalue weighted by atomic mass is 9.97. The maximum Gasteiger partial charge on any atom is 0.239 e. The average Bonchev–Trinajstić information content (AvgIpc) is 2.45. The van der Waals surface area contributed by atoms with Gasteiger partial charge in [-0.15, -0.1) is 0 Å². The Morgan fingerprint density at radius 1 is 1.33 bits per heavy atom. The van der Waals surface area contributed by atoms with E-state index in [0.29, 0.717) is 6.54 Å². The van der Waals surface area contributed by atoms with Gasteiger partial charge in [0.1, 0.15) is 5.92 Å². The van der Waals surface area contributed by atoms with Crippen LogP contribution in [0.3, 0.4) is 0 Å². The number of benzene rings is 1. The van der Waals surface area contributed by atoms with Crippen LogP contribution < -0.4 is 11.1 Å². The quantitative estimate of drug-likeness (QED) is 0.738. The van der Waals surface area contributed by atoms with Crippen LogP contribution in [0.25, 0.3) is 0 Å². The number of likely N-dealkylation sites (N-methyl/N-ethyl adjacent to an activating group) is 1. The second kappa shape index (κ2) is 8.36. The summed E-state index contributed by atoms with van der Waals surface area (Å²) in [5, 5.41) is 2.73. The third-order valence-corrected chi connectivity index (χ3v) is 3.23. The Hall–Kier alpha value is -1.95. The standard InChI is InChI=1S/C15H21N3O2S/c1-3-9-17-12(19)10-18(2)15(20)13(14(16)21)11-7-5-4-6-8-11/h4-8,13H,3,9-10H2,1-2H3,(H2,16,21)(H,17,19). The van der Waals surface area contributed by atoms with Gasteiger partial charge in [0, 0.05) is 13.6 Å². The third-order valence-electron chi connectivity index (χ3n) is 2.99. The van der Waals surface area contributed by atoms with E-state index < -0.39 is 5.92 Å². The van der Waals surface area contributed by atoms with Crippen LogP contribution in [0, 0.1) is 0 Å². The number of hydrogen-bond donors (Lipinski definition) is 2. The number of hydrogen-bond acceptors (Lipinski definition) is 3. The largest absolute Gasteiger partial charge is 0.392 e. The molecule has 1 atom stereocenters. The normalized spacial score (nSPS) is 11.5. The van der Waals surface area contributed by atoms with E-state index in [9.17, 15) is 9.59 Å². The highest BCUT2D eigenvalue weighted by molar-refractivity contribution is 7.80. The molecule has 0 aliphatic carbocycles. The van der Waals surface area contributed by atoms with Crippen LogP contribution in [0.4, 0.5) is 0 Å². The molecule has 6 heteroatoms. The van der Waals surface area contributed by atoms with Crippen LogP contribution in [-0.2, 0) is 9.59 Å². The third kappa shape index (κ3) is 5.15. The first-order valence-electron chi connectivity index (χ1n) is 6.83. The predicted octanol–water partition coefficient (Wildman–Crippen LogP) is 1.04. The highest BCUT2D eigenvalue weighted by Gasteiger charge is 2.27. The van der Waals surface area contributed by atoms with Crippen LogP contribution >= 0.6 is 12.2 Å². The van der Waals surface area contributed by atoms with E-state index in [1.807, 2.05) is 25.1 Å². The zero-order valence-electron chi connectivity index (χ0n) is 12.3. The Morgan fingerprint density at radius 2 is 1.95 bits per heavy atom. The van der Waals surface area contributed by atoms with Crippen LogP contribution in [0.2, 0.25) is 0 Å². The Balaban J connectivity index is 2.78. The first-order valence-corrected chi connectivity index (χ1v) is 7.24. The maximum atomic E-state index is 12.5. The van der Waals surface area contributed by atoms with Crippen molar-refractivity contribution in [3.63, 3.8) is 0 Å². The van der Waals surface area contributed by atoms with Gasteiger partial charge in [0.05, 0.1) is 11.5 Å². The molecular formula is C15H21N3O2S. The van der Waals surface area contributed by atoms with Crippen molar-refractivity contribution in [3.05, 3.63) is 35.9 Å². The van der Waals surface area contributed by atoms with E-state index in [4.69, 9.17) is 18.0 Å². The monoisotopic (exact) mass is 307 g/mol. The van der Waals surface area contributed by atoms with Gasteiger partial charge in [0.2, 0.25) is 11.8 Å². The highest BCUT2D eigenvalue weighted by atomic mass is 32.1. The second-order valence-corrected chi connectivity index (χ2v) is 5.26. The molecule has 0 spiro atoms. The zero-order chi connectivity index (χ0) is 15.8. The number of carbonyl (C=O) groups is 2. The van der Waals surface area contributed by atoms with E-state index in [-0.39, 0.29) is 23.3 Å². The molecule has 5 nitrogen and oxygen atoms in total. The molecule has 1 aromatic carbocycles. The first-order chi connectivity index (χ1) is 9.97. The Labute approximate surface area is 130 Å². The van der Waals surface area contributed by atoms with Crippen molar-refractivity contribution >= 4 is 29.0 Å². The van der Waals surface area contributed by atoms with E-state index in [2.05, 4.69) is 5.32 Å². The number of thiocarbonyl (C=S) groups is 1. The molecule has 1 rings (SSSR count). The highest BCUT2D eigenvalue weighted by Crippen LogP contribution is 2.18. The fourth-order valence-corrected chi connectivity index (χ4v) is 2.14. The van der Waals surface area contributed by atoms with Crippen LogP contribution in [0.1, 0.15) is 24.8 Å². The van der Waals surface area contributed by atoms with Crippen LogP contribution in [0.15, 0.2) is 30.3 Å². The molecule has 0 aromatic heterocycles. The number of carbonyl (C=O) groups excluding carboxylic acids is 2. The minimum Gasteiger partial charge on any atom is -0.392 e. The van der Waals surface area contributed by atoms with Crippen molar-refractivity contribution in [1.29, 1.82) is 0 Å². The molecule has 21 heavy (non-hydrogen) atoms. The number of amides is 2. The molecule has 0 aliphatic rings. The summed E-state index contributed by atoms with van der Waals surface area (Å²) in [5.41, 5.74) is 6.43. The summed E-state index contributed by atoms with van der Waals surface area (Å²) in [6.45, 7) is 2.55. The topological polar surface area (TPSA) is 75.4 Å². The van der Waals surface area contributed by atoms with Gasteiger partial charge in [-0.3, -0.25) is 9.59 Å². The van der Waals surface area contributed by atoms with Gasteiger partial charge < -0.3 is 16.0 Å². The molecule has 1 unspecified atom stereocenters. The molecule has 1 aromatic rings. The lowest BCUT2D eigenvalue weighted by molar-refractivity contribution is -0.134. The molecule has 0 bridgehead atoms. The zero-order valence-corrected chi connectivity index (χ0v) is 13.2. The SMILES string of the molecule is CCCNC(=O)CN(C)C(=O)C(C(N)=S)c1ccccc1. The minimum absolute atomic E-state index is 0.00915. The molecule has 0 aliphatic heterocycles.